The molecule has 0 N–H and O–H groups in total. The van der Waals surface area contributed by atoms with E-state index in [4.69, 9.17) is 9.16 Å². The highest BCUT2D eigenvalue weighted by Crippen LogP contribution is 2.47. The molecule has 1 aliphatic heterocycles. The molecule has 1 fully saturated rings. The predicted octanol–water partition coefficient (Wildman–Crippen LogP) is 6.27. The number of hydrogen-bond donors (Lipinski definition) is 0. The maximum Gasteiger partial charge on any atom is 0.398 e. The van der Waals surface area contributed by atoms with Gasteiger partial charge in [-0.3, -0.25) is 19.5 Å². The van der Waals surface area contributed by atoms with E-state index in [9.17, 15) is 14.4 Å². The van der Waals surface area contributed by atoms with E-state index in [1.54, 1.807) is 18.6 Å². The molecule has 1 aromatic heterocycles. The summed E-state index contributed by atoms with van der Waals surface area (Å²) < 4.78 is 12.3. The number of ether oxygens (including phenoxy) is 1. The second kappa shape index (κ2) is 12.9. The van der Waals surface area contributed by atoms with Gasteiger partial charge in [0.05, 0.1) is 18.2 Å². The average molecular weight is 610 g/mol. The molecule has 0 radical (unpaired) electrons. The predicted molar refractivity (Wildman–Crippen MR) is 163 cm³/mol. The molecule has 0 unspecified atom stereocenters. The van der Waals surface area contributed by atoms with Crippen LogP contribution in [0.3, 0.4) is 0 Å². The Morgan fingerprint density at radius 1 is 0.976 bits per heavy atom. The maximum atomic E-state index is 13.5. The lowest BCUT2D eigenvalue weighted by Gasteiger charge is -2.49. The van der Waals surface area contributed by atoms with Crippen molar-refractivity contribution >= 4 is 47.7 Å². The molecule has 0 aliphatic carbocycles. The Morgan fingerprint density at radius 2 is 1.56 bits per heavy atom. The van der Waals surface area contributed by atoms with Crippen LogP contribution in [0.1, 0.15) is 44.9 Å². The van der Waals surface area contributed by atoms with Gasteiger partial charge in [0.1, 0.15) is 10.4 Å². The summed E-state index contributed by atoms with van der Waals surface area (Å²) in [5.74, 6) is -3.16. The fourth-order valence-corrected chi connectivity index (χ4v) is 8.26. The van der Waals surface area contributed by atoms with Crippen molar-refractivity contribution in [2.24, 2.45) is 5.92 Å². The fourth-order valence-electron chi connectivity index (χ4n) is 4.22. The van der Waals surface area contributed by atoms with Gasteiger partial charge in [-0.1, -0.05) is 92.2 Å². The number of amides is 2. The summed E-state index contributed by atoms with van der Waals surface area (Å²) in [5, 5.41) is -0.0909. The topological polar surface area (TPSA) is 98.7 Å². The Bertz CT molecular complexity index is 1320. The number of aromatic nitrogens is 2. The molecule has 11 heteroatoms. The largest absolute Gasteiger partial charge is 0.445 e. The Hall–Kier alpha value is -2.99. The number of likely N-dealkylation sites (tertiary alicyclic amines) is 1. The van der Waals surface area contributed by atoms with Gasteiger partial charge in [-0.05, 0) is 47.0 Å². The van der Waals surface area contributed by atoms with Crippen molar-refractivity contribution in [2.75, 3.05) is 0 Å². The van der Waals surface area contributed by atoms with Crippen molar-refractivity contribution < 1.29 is 23.5 Å². The van der Waals surface area contributed by atoms with Crippen molar-refractivity contribution in [3.05, 3.63) is 90.4 Å². The molecule has 4 rings (SSSR count). The van der Waals surface area contributed by atoms with Crippen LogP contribution in [0.15, 0.2) is 84.3 Å². The van der Waals surface area contributed by atoms with Crippen LogP contribution in [0.25, 0.3) is 0 Å². The van der Waals surface area contributed by atoms with Crippen LogP contribution in [-0.4, -0.2) is 52.4 Å². The lowest BCUT2D eigenvalue weighted by atomic mass is 9.92. The highest BCUT2D eigenvalue weighted by Gasteiger charge is 2.57. The number of carbonyl (C=O) groups is 3. The normalized spacial score (nSPS) is 18.1. The van der Waals surface area contributed by atoms with E-state index in [0.29, 0.717) is 16.2 Å². The minimum Gasteiger partial charge on any atom is -0.445 e. The third-order valence-corrected chi connectivity index (χ3v) is 14.6. The van der Waals surface area contributed by atoms with Crippen LogP contribution in [0.2, 0.25) is 18.1 Å². The van der Waals surface area contributed by atoms with Crippen molar-refractivity contribution in [2.45, 2.75) is 68.4 Å². The minimum atomic E-state index is -2.21. The fraction of sp³-hybridized carbons (Fsp3) is 0.367. The molecule has 0 spiro atoms. The Kier molecular flexibility index (Phi) is 9.73. The lowest BCUT2D eigenvalue weighted by Crippen LogP contribution is -2.67. The summed E-state index contributed by atoms with van der Waals surface area (Å²) >= 11 is 0. The first kappa shape index (κ1) is 31.0. The molecule has 2 heterocycles. The monoisotopic (exact) mass is 609 g/mol. The van der Waals surface area contributed by atoms with Crippen molar-refractivity contribution in [1.82, 2.24) is 14.9 Å². The van der Waals surface area contributed by atoms with Gasteiger partial charge in [-0.15, -0.1) is 0 Å². The molecular weight excluding hydrogens is 575 g/mol. The first-order valence-electron chi connectivity index (χ1n) is 13.4. The highest BCUT2D eigenvalue weighted by molar-refractivity contribution is 8.76. The molecule has 0 saturated carbocycles. The minimum absolute atomic E-state index is 0.0612. The first-order chi connectivity index (χ1) is 19.4. The van der Waals surface area contributed by atoms with E-state index in [1.807, 2.05) is 67.6 Å². The zero-order chi connectivity index (χ0) is 29.8. The van der Waals surface area contributed by atoms with Crippen LogP contribution in [0.4, 0.5) is 0 Å². The van der Waals surface area contributed by atoms with Gasteiger partial charge in [0.25, 0.3) is 0 Å². The summed E-state index contributed by atoms with van der Waals surface area (Å²) in [5.41, 5.74) is 1.43. The first-order valence-corrected chi connectivity index (χ1v) is 18.5. The average Bonchev–Trinajstić information content (AvgIpc) is 2.94. The third kappa shape index (κ3) is 7.08. The van der Waals surface area contributed by atoms with Crippen LogP contribution in [0.5, 0.6) is 0 Å². The second-order valence-electron chi connectivity index (χ2n) is 11.3. The Labute approximate surface area is 250 Å². The van der Waals surface area contributed by atoms with Gasteiger partial charge < -0.3 is 9.16 Å². The van der Waals surface area contributed by atoms with E-state index < -0.39 is 49.6 Å². The number of hydrogen-bond acceptors (Lipinski definition) is 9. The Morgan fingerprint density at radius 3 is 2.07 bits per heavy atom. The molecule has 8 nitrogen and oxygen atoms in total. The second-order valence-corrected chi connectivity index (χ2v) is 18.4. The van der Waals surface area contributed by atoms with Crippen molar-refractivity contribution in [3.8, 4) is 0 Å². The molecule has 2 amide bonds. The van der Waals surface area contributed by atoms with E-state index in [0.717, 1.165) is 4.90 Å². The van der Waals surface area contributed by atoms with Gasteiger partial charge in [-0.25, -0.2) is 9.78 Å². The maximum absolute atomic E-state index is 13.5. The number of nitrogens with zero attached hydrogens (tertiary/aromatic N) is 3. The standard InChI is InChI=1S/C30H35N3O5S2Si/c1-20(38-41(5,6)30(2,3)4)24-26(34)33(28(24)40-39-23-19-31-17-18-32-23)27(35)29(36)37-25(21-13-9-7-10-14-21)22-15-11-8-12-16-22/h7-20,24-25,28H,1-6H3/t20-,24+,28-/m1/s1. The molecular formula is C30H35N3O5S2Si. The lowest BCUT2D eigenvalue weighted by molar-refractivity contribution is -0.176. The molecule has 1 saturated heterocycles. The number of imide groups is 1. The van der Waals surface area contributed by atoms with E-state index in [1.165, 1.54) is 21.6 Å². The number of carbonyl (C=O) groups excluding carboxylic acids is 3. The number of β-lactam (4-membered cyclic amide) rings is 1. The zero-order valence-corrected chi connectivity index (χ0v) is 26.6. The highest BCUT2D eigenvalue weighted by atomic mass is 33.1. The van der Waals surface area contributed by atoms with E-state index in [-0.39, 0.29) is 5.04 Å². The number of esters is 1. The van der Waals surface area contributed by atoms with Gasteiger partial charge in [0, 0.05) is 12.4 Å². The summed E-state index contributed by atoms with van der Waals surface area (Å²) in [4.78, 5) is 49.7. The quantitative estimate of drug-likeness (QED) is 0.0914. The van der Waals surface area contributed by atoms with Gasteiger partial charge >= 0.3 is 11.9 Å². The van der Waals surface area contributed by atoms with Crippen molar-refractivity contribution in [1.29, 1.82) is 0 Å². The summed E-state index contributed by atoms with van der Waals surface area (Å²) in [6.45, 7) is 12.5. The number of benzene rings is 2. The molecule has 216 valence electrons. The van der Waals surface area contributed by atoms with Crippen LogP contribution in [0, 0.1) is 5.92 Å². The summed E-state index contributed by atoms with van der Waals surface area (Å²) in [7, 11) is 0.361. The van der Waals surface area contributed by atoms with Crippen LogP contribution >= 0.6 is 21.6 Å². The Balaban J connectivity index is 1.56. The summed E-state index contributed by atoms with van der Waals surface area (Å²) in [6, 6.07) is 18.4. The van der Waals surface area contributed by atoms with Crippen molar-refractivity contribution in [3.63, 3.8) is 0 Å². The van der Waals surface area contributed by atoms with E-state index in [2.05, 4.69) is 43.8 Å². The zero-order valence-electron chi connectivity index (χ0n) is 24.0. The molecule has 0 bridgehead atoms. The molecule has 3 aromatic rings. The molecule has 1 aliphatic rings. The smallest absolute Gasteiger partial charge is 0.398 e. The molecule has 2 aromatic carbocycles. The SMILES string of the molecule is C[C@@H](O[Si](C)(C)C(C)(C)C)[C@H]1C(=O)N(C(=O)C(=O)OC(c2ccccc2)c2ccccc2)[C@@H]1SSc1cnccn1. The van der Waals surface area contributed by atoms with Gasteiger partial charge in [0.2, 0.25) is 5.91 Å². The van der Waals surface area contributed by atoms with Gasteiger partial charge in [0.15, 0.2) is 14.4 Å². The van der Waals surface area contributed by atoms with Gasteiger partial charge in [-0.2, -0.15) is 0 Å². The molecule has 3 atom stereocenters. The van der Waals surface area contributed by atoms with Crippen LogP contribution < -0.4 is 0 Å². The third-order valence-electron chi connectivity index (χ3n) is 7.47. The van der Waals surface area contributed by atoms with Crippen LogP contribution in [-0.2, 0) is 23.5 Å². The summed E-state index contributed by atoms with van der Waals surface area (Å²) in [6.07, 6.45) is 3.49. The molecule has 41 heavy (non-hydrogen) atoms. The number of rotatable bonds is 9. The van der Waals surface area contributed by atoms with E-state index >= 15 is 0 Å².